The number of halogens is 1. The maximum atomic E-state index is 11.7. The molecule has 9 heteroatoms. The van der Waals surface area contributed by atoms with Crippen molar-refractivity contribution in [1.29, 1.82) is 0 Å². The van der Waals surface area contributed by atoms with Crippen LogP contribution in [0.4, 0.5) is 0 Å². The van der Waals surface area contributed by atoms with Crippen LogP contribution in [-0.2, 0) is 24.2 Å². The number of nitrogens with one attached hydrogen (secondary N) is 1. The molecule has 1 aromatic rings. The number of hydrogen-bond acceptors (Lipinski definition) is 6. The SMILES string of the molecule is O=C(COC(=O)CCCSc1ccc(Cl)cc1)N[C@@H]1CCS(=O)(=O)C1. The fraction of sp³-hybridized carbons (Fsp3) is 0.500. The first-order valence-corrected chi connectivity index (χ1v) is 11.1. The number of carbonyl (C=O) groups excluding carboxylic acids is 2. The average molecular weight is 406 g/mol. The Bertz CT molecular complexity index is 706. The fourth-order valence-electron chi connectivity index (χ4n) is 2.33. The van der Waals surface area contributed by atoms with Crippen LogP contribution in [0.15, 0.2) is 29.2 Å². The Hall–Kier alpha value is -1.25. The van der Waals surface area contributed by atoms with Crippen molar-refractivity contribution in [2.75, 3.05) is 23.9 Å². The van der Waals surface area contributed by atoms with Gasteiger partial charge in [-0.05, 0) is 42.9 Å². The van der Waals surface area contributed by atoms with E-state index in [9.17, 15) is 18.0 Å². The summed E-state index contributed by atoms with van der Waals surface area (Å²) in [6.07, 6.45) is 1.27. The average Bonchev–Trinajstić information content (AvgIpc) is 2.90. The second kappa shape index (κ2) is 9.45. The van der Waals surface area contributed by atoms with Crippen molar-refractivity contribution in [3.8, 4) is 0 Å². The summed E-state index contributed by atoms with van der Waals surface area (Å²) < 4.78 is 27.5. The van der Waals surface area contributed by atoms with Gasteiger partial charge in [-0.15, -0.1) is 11.8 Å². The van der Waals surface area contributed by atoms with Crippen molar-refractivity contribution in [3.05, 3.63) is 29.3 Å². The molecule has 1 aliphatic heterocycles. The molecule has 1 atom stereocenters. The highest BCUT2D eigenvalue weighted by Gasteiger charge is 2.28. The predicted molar refractivity (Wildman–Crippen MR) is 97.6 cm³/mol. The highest BCUT2D eigenvalue weighted by Crippen LogP contribution is 2.21. The third-order valence-corrected chi connectivity index (χ3v) is 6.69. The van der Waals surface area contributed by atoms with Crippen LogP contribution < -0.4 is 5.32 Å². The fourth-order valence-corrected chi connectivity index (χ4v) is 4.99. The van der Waals surface area contributed by atoms with Crippen molar-refractivity contribution in [3.63, 3.8) is 0 Å². The van der Waals surface area contributed by atoms with E-state index >= 15 is 0 Å². The van der Waals surface area contributed by atoms with Crippen molar-refractivity contribution in [2.45, 2.75) is 30.2 Å². The van der Waals surface area contributed by atoms with Gasteiger partial charge in [-0.3, -0.25) is 9.59 Å². The van der Waals surface area contributed by atoms with Gasteiger partial charge in [0, 0.05) is 22.4 Å². The Morgan fingerprint density at radius 2 is 2.00 bits per heavy atom. The van der Waals surface area contributed by atoms with Crippen molar-refractivity contribution in [2.24, 2.45) is 0 Å². The summed E-state index contributed by atoms with van der Waals surface area (Å²) in [6.45, 7) is -0.375. The summed E-state index contributed by atoms with van der Waals surface area (Å²) in [6, 6.07) is 7.07. The van der Waals surface area contributed by atoms with E-state index in [2.05, 4.69) is 5.32 Å². The van der Waals surface area contributed by atoms with Crippen LogP contribution >= 0.6 is 23.4 Å². The number of rotatable bonds is 8. The van der Waals surface area contributed by atoms with E-state index in [4.69, 9.17) is 16.3 Å². The lowest BCUT2D eigenvalue weighted by molar-refractivity contribution is -0.148. The maximum absolute atomic E-state index is 11.7. The van der Waals surface area contributed by atoms with Gasteiger partial charge < -0.3 is 10.1 Å². The van der Waals surface area contributed by atoms with Crippen molar-refractivity contribution >= 4 is 45.1 Å². The molecule has 0 unspecified atom stereocenters. The normalized spacial score (nSPS) is 18.7. The van der Waals surface area contributed by atoms with Crippen LogP contribution in [0.1, 0.15) is 19.3 Å². The first-order valence-electron chi connectivity index (χ1n) is 7.88. The van der Waals surface area contributed by atoms with Gasteiger partial charge in [0.05, 0.1) is 11.5 Å². The Morgan fingerprint density at radius 1 is 1.28 bits per heavy atom. The molecule has 0 saturated carbocycles. The number of benzene rings is 1. The monoisotopic (exact) mass is 405 g/mol. The summed E-state index contributed by atoms with van der Waals surface area (Å²) >= 11 is 7.42. The van der Waals surface area contributed by atoms with Crippen molar-refractivity contribution in [1.82, 2.24) is 5.32 Å². The zero-order valence-electron chi connectivity index (χ0n) is 13.6. The minimum Gasteiger partial charge on any atom is -0.456 e. The molecule has 1 fully saturated rings. The van der Waals surface area contributed by atoms with Gasteiger partial charge in [0.25, 0.3) is 5.91 Å². The zero-order valence-corrected chi connectivity index (χ0v) is 16.0. The topological polar surface area (TPSA) is 89.5 Å². The molecule has 0 aliphatic carbocycles. The standard InChI is InChI=1S/C16H20ClNO5S2/c17-12-3-5-14(6-4-12)24-8-1-2-16(20)23-10-15(19)18-13-7-9-25(21,22)11-13/h3-6,13H,1-2,7-11H2,(H,18,19)/t13-/m1/s1. The van der Waals surface area contributed by atoms with E-state index < -0.39 is 21.7 Å². The van der Waals surface area contributed by atoms with E-state index in [0.29, 0.717) is 17.9 Å². The molecule has 2 rings (SSSR count). The quantitative estimate of drug-likeness (QED) is 0.404. The summed E-state index contributed by atoms with van der Waals surface area (Å²) in [5, 5.41) is 3.25. The van der Waals surface area contributed by atoms with Crippen LogP contribution in [0.3, 0.4) is 0 Å². The van der Waals surface area contributed by atoms with Crippen LogP contribution in [0.2, 0.25) is 5.02 Å². The van der Waals surface area contributed by atoms with Gasteiger partial charge in [-0.1, -0.05) is 11.6 Å². The molecule has 1 aliphatic rings. The van der Waals surface area contributed by atoms with E-state index in [1.807, 2.05) is 24.3 Å². The smallest absolute Gasteiger partial charge is 0.306 e. The van der Waals surface area contributed by atoms with Gasteiger partial charge in [0.15, 0.2) is 16.4 Å². The molecule has 1 saturated heterocycles. The molecule has 25 heavy (non-hydrogen) atoms. The lowest BCUT2D eigenvalue weighted by Crippen LogP contribution is -2.38. The van der Waals surface area contributed by atoms with Crippen LogP contribution in [0.5, 0.6) is 0 Å². The molecule has 1 N–H and O–H groups in total. The van der Waals surface area contributed by atoms with E-state index in [1.54, 1.807) is 11.8 Å². The first-order chi connectivity index (χ1) is 11.8. The third-order valence-electron chi connectivity index (χ3n) is 3.57. The number of carbonyl (C=O) groups is 2. The zero-order chi connectivity index (χ0) is 18.3. The molecule has 0 radical (unpaired) electrons. The van der Waals surface area contributed by atoms with Gasteiger partial charge >= 0.3 is 5.97 Å². The third kappa shape index (κ3) is 7.66. The molecule has 0 aromatic heterocycles. The van der Waals surface area contributed by atoms with E-state index in [-0.39, 0.29) is 30.6 Å². The first kappa shape index (κ1) is 20.1. The van der Waals surface area contributed by atoms with Crippen LogP contribution in [0, 0.1) is 0 Å². The minimum absolute atomic E-state index is 0.0470. The second-order valence-electron chi connectivity index (χ2n) is 5.73. The highest BCUT2D eigenvalue weighted by atomic mass is 35.5. The van der Waals surface area contributed by atoms with Gasteiger partial charge in [-0.25, -0.2) is 8.42 Å². The van der Waals surface area contributed by atoms with E-state index in [1.165, 1.54) is 0 Å². The minimum atomic E-state index is -3.04. The summed E-state index contributed by atoms with van der Waals surface area (Å²) in [4.78, 5) is 24.4. The Balaban J connectivity index is 1.56. The number of hydrogen-bond donors (Lipinski definition) is 1. The molecule has 1 amide bonds. The lowest BCUT2D eigenvalue weighted by Gasteiger charge is -2.11. The highest BCUT2D eigenvalue weighted by molar-refractivity contribution is 7.99. The molecule has 0 spiro atoms. The predicted octanol–water partition coefficient (Wildman–Crippen LogP) is 2.06. The molecule has 138 valence electrons. The Morgan fingerprint density at radius 3 is 2.64 bits per heavy atom. The van der Waals surface area contributed by atoms with Gasteiger partial charge in [0.1, 0.15) is 0 Å². The van der Waals surface area contributed by atoms with Crippen molar-refractivity contribution < 1.29 is 22.7 Å². The van der Waals surface area contributed by atoms with Crippen LogP contribution in [-0.4, -0.2) is 50.2 Å². The number of thioether (sulfide) groups is 1. The van der Waals surface area contributed by atoms with Gasteiger partial charge in [0.2, 0.25) is 0 Å². The second-order valence-corrected chi connectivity index (χ2v) is 9.57. The number of ether oxygens (including phenoxy) is 1. The molecule has 1 aromatic carbocycles. The molecule has 1 heterocycles. The lowest BCUT2D eigenvalue weighted by atomic mass is 10.2. The van der Waals surface area contributed by atoms with Gasteiger partial charge in [-0.2, -0.15) is 0 Å². The molecule has 6 nitrogen and oxygen atoms in total. The Labute approximate surface area is 156 Å². The number of amides is 1. The summed E-state index contributed by atoms with van der Waals surface area (Å²) in [5.41, 5.74) is 0. The molecule has 0 bridgehead atoms. The number of esters is 1. The summed E-state index contributed by atoms with van der Waals surface area (Å²) in [5.74, 6) is -0.114. The molecular formula is C16H20ClNO5S2. The molecular weight excluding hydrogens is 386 g/mol. The van der Waals surface area contributed by atoms with Crippen LogP contribution in [0.25, 0.3) is 0 Å². The maximum Gasteiger partial charge on any atom is 0.306 e. The summed E-state index contributed by atoms with van der Waals surface area (Å²) in [7, 11) is -3.04. The Kier molecular flexibility index (Phi) is 7.58. The van der Waals surface area contributed by atoms with E-state index in [0.717, 1.165) is 10.6 Å². The largest absolute Gasteiger partial charge is 0.456 e. The number of sulfone groups is 1.